The molecule has 112 valence electrons. The molecule has 0 radical (unpaired) electrons. The molecule has 0 aliphatic rings. The maximum absolute atomic E-state index is 11.2. The second kappa shape index (κ2) is 6.94. The van der Waals surface area contributed by atoms with E-state index in [4.69, 9.17) is 9.47 Å². The molecule has 2 rings (SSSR count). The molecule has 1 aromatic carbocycles. The second-order valence-corrected chi connectivity index (χ2v) is 5.07. The maximum atomic E-state index is 11.2. The van der Waals surface area contributed by atoms with Crippen LogP contribution in [0.5, 0.6) is 11.5 Å². The first-order valence-corrected chi connectivity index (χ1v) is 7.25. The molecule has 21 heavy (non-hydrogen) atoms. The van der Waals surface area contributed by atoms with Crippen LogP contribution in [0.4, 0.5) is 11.4 Å². The summed E-state index contributed by atoms with van der Waals surface area (Å²) in [5.74, 6) is 0.800. The Bertz CT molecular complexity index is 614. The summed E-state index contributed by atoms with van der Waals surface area (Å²) in [4.78, 5) is 10.7. The molecular formula is C14H16N2O4S. The summed E-state index contributed by atoms with van der Waals surface area (Å²) in [6, 6.07) is 4.99. The van der Waals surface area contributed by atoms with Crippen LogP contribution in [0, 0.1) is 10.1 Å². The summed E-state index contributed by atoms with van der Waals surface area (Å²) < 4.78 is 10.3. The Morgan fingerprint density at radius 2 is 2.00 bits per heavy atom. The van der Waals surface area contributed by atoms with Gasteiger partial charge in [-0.3, -0.25) is 10.1 Å². The van der Waals surface area contributed by atoms with Crippen molar-refractivity contribution in [1.82, 2.24) is 0 Å². The summed E-state index contributed by atoms with van der Waals surface area (Å²) in [6.45, 7) is 0.604. The minimum absolute atomic E-state index is 0.0297. The Balaban J connectivity index is 2.17. The van der Waals surface area contributed by atoms with E-state index in [1.165, 1.54) is 25.8 Å². The van der Waals surface area contributed by atoms with Crippen LogP contribution < -0.4 is 14.8 Å². The van der Waals surface area contributed by atoms with Crippen LogP contribution in [-0.2, 0) is 6.42 Å². The van der Waals surface area contributed by atoms with E-state index in [1.54, 1.807) is 17.4 Å². The zero-order valence-corrected chi connectivity index (χ0v) is 12.6. The first kappa shape index (κ1) is 15.1. The van der Waals surface area contributed by atoms with Crippen LogP contribution in [0.3, 0.4) is 0 Å². The molecule has 0 amide bonds. The van der Waals surface area contributed by atoms with Crippen molar-refractivity contribution in [2.45, 2.75) is 6.42 Å². The minimum atomic E-state index is -0.436. The van der Waals surface area contributed by atoms with Gasteiger partial charge in [-0.05, 0) is 28.8 Å². The van der Waals surface area contributed by atoms with Crippen LogP contribution in [0.1, 0.15) is 5.56 Å². The first-order valence-electron chi connectivity index (χ1n) is 6.31. The third-order valence-corrected chi connectivity index (χ3v) is 3.74. The molecule has 0 saturated heterocycles. The normalized spacial score (nSPS) is 10.2. The first-order chi connectivity index (χ1) is 10.2. The van der Waals surface area contributed by atoms with Gasteiger partial charge in [0, 0.05) is 12.6 Å². The molecule has 0 bridgehead atoms. The molecule has 0 saturated carbocycles. The van der Waals surface area contributed by atoms with E-state index in [1.807, 2.05) is 11.4 Å². The van der Waals surface area contributed by atoms with Crippen molar-refractivity contribution < 1.29 is 14.4 Å². The van der Waals surface area contributed by atoms with E-state index < -0.39 is 4.92 Å². The van der Waals surface area contributed by atoms with Crippen molar-refractivity contribution in [2.24, 2.45) is 0 Å². The fourth-order valence-electron chi connectivity index (χ4n) is 1.94. The maximum Gasteiger partial charge on any atom is 0.296 e. The predicted octanol–water partition coefficient (Wildman–Crippen LogP) is 3.33. The number of benzene rings is 1. The van der Waals surface area contributed by atoms with Crippen LogP contribution >= 0.6 is 11.3 Å². The molecule has 0 aliphatic carbocycles. The SMILES string of the molecule is COc1cc(NCCc2ccsc2)c([N+](=O)[O-])cc1OC. The van der Waals surface area contributed by atoms with Gasteiger partial charge in [-0.1, -0.05) is 0 Å². The van der Waals surface area contributed by atoms with Crippen molar-refractivity contribution in [3.05, 3.63) is 44.6 Å². The molecule has 0 spiro atoms. The summed E-state index contributed by atoms with van der Waals surface area (Å²) in [6.07, 6.45) is 0.801. The number of hydrogen-bond donors (Lipinski definition) is 1. The number of ether oxygens (including phenoxy) is 2. The number of rotatable bonds is 7. The van der Waals surface area contributed by atoms with Gasteiger partial charge in [-0.25, -0.2) is 0 Å². The number of nitro benzene ring substituents is 1. The highest BCUT2D eigenvalue weighted by Gasteiger charge is 2.19. The number of nitrogens with one attached hydrogen (secondary N) is 1. The van der Waals surface area contributed by atoms with Gasteiger partial charge >= 0.3 is 0 Å². The molecular weight excluding hydrogens is 292 g/mol. The number of anilines is 1. The number of nitrogens with zero attached hydrogens (tertiary/aromatic N) is 1. The predicted molar refractivity (Wildman–Crippen MR) is 82.7 cm³/mol. The van der Waals surface area contributed by atoms with Gasteiger partial charge in [0.2, 0.25) is 0 Å². The monoisotopic (exact) mass is 308 g/mol. The van der Waals surface area contributed by atoms with E-state index in [0.29, 0.717) is 23.7 Å². The Morgan fingerprint density at radius 3 is 2.57 bits per heavy atom. The molecule has 0 unspecified atom stereocenters. The molecule has 6 nitrogen and oxygen atoms in total. The molecule has 0 aliphatic heterocycles. The van der Waals surface area contributed by atoms with Crippen LogP contribution in [0.15, 0.2) is 29.0 Å². The Morgan fingerprint density at radius 1 is 1.29 bits per heavy atom. The lowest BCUT2D eigenvalue weighted by Crippen LogP contribution is -2.07. The van der Waals surface area contributed by atoms with Gasteiger partial charge in [0.05, 0.1) is 25.2 Å². The van der Waals surface area contributed by atoms with Crippen LogP contribution in [0.25, 0.3) is 0 Å². The molecule has 1 heterocycles. The van der Waals surface area contributed by atoms with Crippen molar-refractivity contribution in [1.29, 1.82) is 0 Å². The smallest absolute Gasteiger partial charge is 0.296 e. The second-order valence-electron chi connectivity index (χ2n) is 4.29. The molecule has 2 aromatic rings. The van der Waals surface area contributed by atoms with Crippen molar-refractivity contribution in [2.75, 3.05) is 26.1 Å². The van der Waals surface area contributed by atoms with Gasteiger partial charge in [-0.15, -0.1) is 0 Å². The van der Waals surface area contributed by atoms with E-state index >= 15 is 0 Å². The van der Waals surface area contributed by atoms with Gasteiger partial charge < -0.3 is 14.8 Å². The fraction of sp³-hybridized carbons (Fsp3) is 0.286. The van der Waals surface area contributed by atoms with Crippen molar-refractivity contribution in [3.8, 4) is 11.5 Å². The number of nitro groups is 1. The number of hydrogen-bond acceptors (Lipinski definition) is 6. The van der Waals surface area contributed by atoms with Crippen LogP contribution in [-0.4, -0.2) is 25.7 Å². The minimum Gasteiger partial charge on any atom is -0.493 e. The Kier molecular flexibility index (Phi) is 4.99. The highest BCUT2D eigenvalue weighted by Crippen LogP contribution is 2.37. The van der Waals surface area contributed by atoms with Crippen molar-refractivity contribution >= 4 is 22.7 Å². The lowest BCUT2D eigenvalue weighted by molar-refractivity contribution is -0.384. The molecule has 1 N–H and O–H groups in total. The van der Waals surface area contributed by atoms with E-state index in [-0.39, 0.29) is 5.69 Å². The standard InChI is InChI=1S/C14H16N2O4S/c1-19-13-7-11(12(16(17)18)8-14(13)20-2)15-5-3-10-4-6-21-9-10/h4,6-9,15H,3,5H2,1-2H3. The largest absolute Gasteiger partial charge is 0.493 e. The van der Waals surface area contributed by atoms with Gasteiger partial charge in [0.25, 0.3) is 5.69 Å². The van der Waals surface area contributed by atoms with Gasteiger partial charge in [-0.2, -0.15) is 11.3 Å². The molecule has 0 atom stereocenters. The summed E-state index contributed by atoms with van der Waals surface area (Å²) in [7, 11) is 2.95. The average Bonchev–Trinajstić information content (AvgIpc) is 2.99. The van der Waals surface area contributed by atoms with E-state index in [0.717, 1.165) is 6.42 Å². The lowest BCUT2D eigenvalue weighted by Gasteiger charge is -2.11. The number of methoxy groups -OCH3 is 2. The van der Waals surface area contributed by atoms with Gasteiger partial charge in [0.1, 0.15) is 5.69 Å². The third-order valence-electron chi connectivity index (χ3n) is 3.01. The van der Waals surface area contributed by atoms with E-state index in [9.17, 15) is 10.1 Å². The third kappa shape index (κ3) is 3.63. The zero-order chi connectivity index (χ0) is 15.2. The molecule has 0 fully saturated rings. The molecule has 1 aromatic heterocycles. The number of thiophene rings is 1. The highest BCUT2D eigenvalue weighted by atomic mass is 32.1. The Hall–Kier alpha value is -2.28. The summed E-state index contributed by atoms with van der Waals surface area (Å²) >= 11 is 1.63. The Labute approximate surface area is 126 Å². The fourth-order valence-corrected chi connectivity index (χ4v) is 2.64. The van der Waals surface area contributed by atoms with E-state index in [2.05, 4.69) is 10.7 Å². The quantitative estimate of drug-likeness (QED) is 0.627. The van der Waals surface area contributed by atoms with Crippen LogP contribution in [0.2, 0.25) is 0 Å². The topological polar surface area (TPSA) is 73.6 Å². The van der Waals surface area contributed by atoms with Gasteiger partial charge in [0.15, 0.2) is 11.5 Å². The average molecular weight is 308 g/mol. The highest BCUT2D eigenvalue weighted by molar-refractivity contribution is 7.07. The lowest BCUT2D eigenvalue weighted by atomic mass is 10.2. The van der Waals surface area contributed by atoms with Crippen molar-refractivity contribution in [3.63, 3.8) is 0 Å². The summed E-state index contributed by atoms with van der Waals surface area (Å²) in [5, 5.41) is 18.3. The summed E-state index contributed by atoms with van der Waals surface area (Å²) in [5.41, 5.74) is 1.60. The molecule has 7 heteroatoms. The zero-order valence-electron chi connectivity index (χ0n) is 11.8.